The fraction of sp³-hybridized carbons (Fsp3) is 0.222. The highest BCUT2D eigenvalue weighted by atomic mass is 35.5. The number of carbonyl (C=O) groups excluding carboxylic acids is 1. The maximum Gasteiger partial charge on any atom is 0.315 e. The minimum Gasteiger partial charge on any atom is -0.336 e. The fourth-order valence-corrected chi connectivity index (χ4v) is 1.78. The first-order valence-corrected chi connectivity index (χ1v) is 4.65. The van der Waals surface area contributed by atoms with Crippen molar-refractivity contribution in [2.45, 2.75) is 6.04 Å². The van der Waals surface area contributed by atoms with Gasteiger partial charge in [0.2, 0.25) is 0 Å². The molecular weight excluding hydrogens is 226 g/mol. The van der Waals surface area contributed by atoms with Crippen LogP contribution in [-0.4, -0.2) is 12.6 Å². The molecule has 0 aliphatic carbocycles. The van der Waals surface area contributed by atoms with E-state index in [-0.39, 0.29) is 17.1 Å². The van der Waals surface area contributed by atoms with E-state index in [4.69, 9.17) is 11.6 Å². The monoisotopic (exact) mass is 232 g/mol. The van der Waals surface area contributed by atoms with Crippen LogP contribution in [0.2, 0.25) is 5.02 Å². The third-order valence-corrected chi connectivity index (χ3v) is 2.58. The van der Waals surface area contributed by atoms with Crippen LogP contribution in [0, 0.1) is 11.6 Å². The summed E-state index contributed by atoms with van der Waals surface area (Å²) in [5.74, 6) is -1.33. The molecule has 1 aromatic carbocycles. The Labute approximate surface area is 89.4 Å². The maximum atomic E-state index is 13.4. The third kappa shape index (κ3) is 1.74. The van der Waals surface area contributed by atoms with Crippen LogP contribution in [0.15, 0.2) is 12.1 Å². The summed E-state index contributed by atoms with van der Waals surface area (Å²) in [6.45, 7) is 0.193. The van der Waals surface area contributed by atoms with Crippen molar-refractivity contribution in [3.05, 3.63) is 34.4 Å². The highest BCUT2D eigenvalue weighted by Gasteiger charge is 2.27. The second-order valence-corrected chi connectivity index (χ2v) is 3.54. The molecule has 3 nitrogen and oxygen atoms in total. The maximum absolute atomic E-state index is 13.4. The molecule has 6 heteroatoms. The van der Waals surface area contributed by atoms with Crippen molar-refractivity contribution in [3.63, 3.8) is 0 Å². The fourth-order valence-electron chi connectivity index (χ4n) is 1.49. The SMILES string of the molecule is O=C1NC[C@H](c2c(F)ccc(F)c2Cl)N1. The minimum absolute atomic E-state index is 0.0185. The van der Waals surface area contributed by atoms with Gasteiger partial charge in [0, 0.05) is 12.1 Å². The molecule has 0 spiro atoms. The largest absolute Gasteiger partial charge is 0.336 e. The van der Waals surface area contributed by atoms with Gasteiger partial charge >= 0.3 is 6.03 Å². The smallest absolute Gasteiger partial charge is 0.315 e. The van der Waals surface area contributed by atoms with Crippen LogP contribution in [0.1, 0.15) is 11.6 Å². The first kappa shape index (κ1) is 10.2. The first-order valence-electron chi connectivity index (χ1n) is 4.27. The molecule has 1 saturated heterocycles. The third-order valence-electron chi connectivity index (χ3n) is 2.20. The van der Waals surface area contributed by atoms with Crippen LogP contribution >= 0.6 is 11.6 Å². The van der Waals surface area contributed by atoms with Crippen LogP contribution in [-0.2, 0) is 0 Å². The van der Waals surface area contributed by atoms with Crippen LogP contribution in [0.4, 0.5) is 13.6 Å². The van der Waals surface area contributed by atoms with E-state index >= 15 is 0 Å². The first-order chi connectivity index (χ1) is 7.09. The van der Waals surface area contributed by atoms with Crippen molar-refractivity contribution in [1.29, 1.82) is 0 Å². The van der Waals surface area contributed by atoms with Gasteiger partial charge in [-0.2, -0.15) is 0 Å². The highest BCUT2D eigenvalue weighted by molar-refractivity contribution is 6.31. The average Bonchev–Trinajstić information content (AvgIpc) is 2.59. The normalized spacial score (nSPS) is 19.9. The number of rotatable bonds is 1. The van der Waals surface area contributed by atoms with Gasteiger partial charge in [0.25, 0.3) is 0 Å². The molecule has 0 radical (unpaired) electrons. The molecule has 0 aromatic heterocycles. The molecule has 2 N–H and O–H groups in total. The van der Waals surface area contributed by atoms with Crippen molar-refractivity contribution in [1.82, 2.24) is 10.6 Å². The zero-order chi connectivity index (χ0) is 11.0. The lowest BCUT2D eigenvalue weighted by Crippen LogP contribution is -2.22. The van der Waals surface area contributed by atoms with Gasteiger partial charge in [0.15, 0.2) is 0 Å². The number of halogens is 3. The lowest BCUT2D eigenvalue weighted by Gasteiger charge is -2.12. The van der Waals surface area contributed by atoms with Gasteiger partial charge in [-0.25, -0.2) is 13.6 Å². The van der Waals surface area contributed by atoms with E-state index in [0.717, 1.165) is 12.1 Å². The summed E-state index contributed by atoms with van der Waals surface area (Å²) in [4.78, 5) is 10.9. The molecule has 80 valence electrons. The van der Waals surface area contributed by atoms with E-state index in [9.17, 15) is 13.6 Å². The molecule has 1 heterocycles. The Morgan fingerprint density at radius 3 is 2.60 bits per heavy atom. The molecule has 1 atom stereocenters. The van der Waals surface area contributed by atoms with Gasteiger partial charge in [-0.1, -0.05) is 11.6 Å². The van der Waals surface area contributed by atoms with E-state index in [1.807, 2.05) is 0 Å². The summed E-state index contributed by atoms with van der Waals surface area (Å²) in [6.07, 6.45) is 0. The second-order valence-electron chi connectivity index (χ2n) is 3.16. The Kier molecular flexibility index (Phi) is 2.48. The number of amides is 2. The van der Waals surface area contributed by atoms with Crippen LogP contribution in [0.25, 0.3) is 0 Å². The zero-order valence-corrected chi connectivity index (χ0v) is 8.24. The molecule has 15 heavy (non-hydrogen) atoms. The van der Waals surface area contributed by atoms with E-state index < -0.39 is 23.7 Å². The molecule has 1 aliphatic heterocycles. The van der Waals surface area contributed by atoms with Crippen molar-refractivity contribution < 1.29 is 13.6 Å². The standard InChI is InChI=1S/C9H7ClF2N2O/c10-8-5(12)2-1-4(11)7(8)6-3-13-9(15)14-6/h1-2,6H,3H2,(H2,13,14,15)/t6-/m1/s1. The van der Waals surface area contributed by atoms with E-state index in [1.165, 1.54) is 0 Å². The molecular formula is C9H7ClF2N2O. The molecule has 1 fully saturated rings. The van der Waals surface area contributed by atoms with Crippen LogP contribution in [0.3, 0.4) is 0 Å². The molecule has 0 bridgehead atoms. The Hall–Kier alpha value is -1.36. The summed E-state index contributed by atoms with van der Waals surface area (Å²) in [5, 5.41) is 4.59. The molecule has 0 unspecified atom stereocenters. The predicted molar refractivity (Wildman–Crippen MR) is 50.6 cm³/mol. The summed E-state index contributed by atoms with van der Waals surface area (Å²) in [5.41, 5.74) is -0.0185. The molecule has 1 aliphatic rings. The molecule has 2 rings (SSSR count). The number of nitrogens with one attached hydrogen (secondary N) is 2. The average molecular weight is 233 g/mol. The van der Waals surface area contributed by atoms with Gasteiger partial charge in [0.05, 0.1) is 11.1 Å². The van der Waals surface area contributed by atoms with Crippen molar-refractivity contribution in [2.75, 3.05) is 6.54 Å². The number of hydrogen-bond donors (Lipinski definition) is 2. The zero-order valence-electron chi connectivity index (χ0n) is 7.48. The van der Waals surface area contributed by atoms with Gasteiger partial charge in [-0.15, -0.1) is 0 Å². The Morgan fingerprint density at radius 2 is 2.00 bits per heavy atom. The summed E-state index contributed by atoms with van der Waals surface area (Å²) in [7, 11) is 0. The number of benzene rings is 1. The van der Waals surface area contributed by atoms with Crippen molar-refractivity contribution in [2.24, 2.45) is 0 Å². The van der Waals surface area contributed by atoms with Gasteiger partial charge in [-0.05, 0) is 12.1 Å². The topological polar surface area (TPSA) is 41.1 Å². The summed E-state index contributed by atoms with van der Waals surface area (Å²) in [6, 6.07) is 0.896. The van der Waals surface area contributed by atoms with E-state index in [0.29, 0.717) is 0 Å². The quantitative estimate of drug-likeness (QED) is 0.715. The minimum atomic E-state index is -0.700. The highest BCUT2D eigenvalue weighted by Crippen LogP contribution is 2.29. The number of hydrogen-bond acceptors (Lipinski definition) is 1. The predicted octanol–water partition coefficient (Wildman–Crippen LogP) is 1.97. The van der Waals surface area contributed by atoms with Crippen molar-refractivity contribution in [3.8, 4) is 0 Å². The molecule has 0 saturated carbocycles. The van der Waals surface area contributed by atoms with Crippen LogP contribution < -0.4 is 10.6 Å². The number of carbonyl (C=O) groups is 1. The van der Waals surface area contributed by atoms with E-state index in [2.05, 4.69) is 10.6 Å². The van der Waals surface area contributed by atoms with Crippen LogP contribution in [0.5, 0.6) is 0 Å². The Balaban J connectivity index is 2.43. The van der Waals surface area contributed by atoms with E-state index in [1.54, 1.807) is 0 Å². The lowest BCUT2D eigenvalue weighted by molar-refractivity contribution is 0.247. The van der Waals surface area contributed by atoms with Crippen molar-refractivity contribution >= 4 is 17.6 Å². The molecule has 1 aromatic rings. The van der Waals surface area contributed by atoms with Gasteiger partial charge in [-0.3, -0.25) is 0 Å². The van der Waals surface area contributed by atoms with Gasteiger partial charge < -0.3 is 10.6 Å². The summed E-state index contributed by atoms with van der Waals surface area (Å²) >= 11 is 5.63. The number of urea groups is 1. The summed E-state index contributed by atoms with van der Waals surface area (Å²) < 4.78 is 26.5. The second kappa shape index (κ2) is 3.66. The van der Waals surface area contributed by atoms with Gasteiger partial charge in [0.1, 0.15) is 11.6 Å². The Bertz CT molecular complexity index is 425. The lowest BCUT2D eigenvalue weighted by atomic mass is 10.1. The Morgan fingerprint density at radius 1 is 1.33 bits per heavy atom. The molecule has 2 amide bonds.